The largest absolute Gasteiger partial charge is 0.481 e. The van der Waals surface area contributed by atoms with Crippen LogP contribution < -0.4 is 5.01 Å². The van der Waals surface area contributed by atoms with Crippen LogP contribution in [0.5, 0.6) is 0 Å². The number of benzene rings is 2. The smallest absolute Gasteiger partial charge is 0.314 e. The maximum absolute atomic E-state index is 13.3. The minimum Gasteiger partial charge on any atom is -0.481 e. The van der Waals surface area contributed by atoms with Gasteiger partial charge in [0.1, 0.15) is 11.7 Å². The molecule has 1 aliphatic heterocycles. The van der Waals surface area contributed by atoms with Crippen molar-refractivity contribution in [2.45, 2.75) is 26.8 Å². The van der Waals surface area contributed by atoms with Crippen LogP contribution in [0.25, 0.3) is 0 Å². The molecule has 1 aliphatic rings. The lowest BCUT2D eigenvalue weighted by molar-refractivity contribution is -0.139. The topological polar surface area (TPSA) is 52.9 Å². The minimum absolute atomic E-state index is 0.348. The van der Waals surface area contributed by atoms with E-state index in [-0.39, 0.29) is 5.82 Å². The van der Waals surface area contributed by atoms with Crippen molar-refractivity contribution in [3.8, 4) is 0 Å². The molecule has 3 rings (SSSR count). The molecule has 0 amide bonds. The second kappa shape index (κ2) is 6.07. The van der Waals surface area contributed by atoms with E-state index < -0.39 is 17.9 Å². The molecule has 5 heteroatoms. The van der Waals surface area contributed by atoms with Gasteiger partial charge in [0.05, 0.1) is 17.4 Å². The van der Waals surface area contributed by atoms with E-state index >= 15 is 0 Å². The third kappa shape index (κ3) is 2.77. The summed E-state index contributed by atoms with van der Waals surface area (Å²) in [6.07, 6.45) is 0. The van der Waals surface area contributed by atoms with E-state index in [0.717, 1.165) is 22.4 Å². The Hall–Kier alpha value is -2.69. The van der Waals surface area contributed by atoms with Crippen molar-refractivity contribution >= 4 is 17.4 Å². The van der Waals surface area contributed by atoms with Gasteiger partial charge in [-0.1, -0.05) is 24.3 Å². The number of carbonyl (C=O) groups is 1. The van der Waals surface area contributed by atoms with Crippen LogP contribution in [-0.4, -0.2) is 16.8 Å². The predicted octanol–water partition coefficient (Wildman–Crippen LogP) is 4.08. The Morgan fingerprint density at radius 3 is 2.42 bits per heavy atom. The molecule has 0 radical (unpaired) electrons. The molecule has 0 aliphatic carbocycles. The summed E-state index contributed by atoms with van der Waals surface area (Å²) in [6.45, 7) is 5.67. The summed E-state index contributed by atoms with van der Waals surface area (Å²) >= 11 is 0. The summed E-state index contributed by atoms with van der Waals surface area (Å²) in [7, 11) is 0. The first-order valence-corrected chi connectivity index (χ1v) is 7.78. The average Bonchev–Trinajstić information content (AvgIpc) is 2.88. The van der Waals surface area contributed by atoms with Crippen molar-refractivity contribution < 1.29 is 14.3 Å². The molecule has 124 valence electrons. The molecule has 2 aromatic rings. The SMILES string of the molecule is CC1=NN(c2cc(C)ccc2C)C(c2ccc(F)cc2)C1C(=O)O. The molecule has 0 bridgehead atoms. The van der Waals surface area contributed by atoms with Gasteiger partial charge in [-0.05, 0) is 55.7 Å². The second-order valence-electron chi connectivity index (χ2n) is 6.19. The first-order valence-electron chi connectivity index (χ1n) is 7.78. The lowest BCUT2D eigenvalue weighted by atomic mass is 9.90. The van der Waals surface area contributed by atoms with Crippen LogP contribution >= 0.6 is 0 Å². The number of aliphatic carboxylic acids is 1. The Bertz CT molecular complexity index is 815. The molecule has 1 N–H and O–H groups in total. The maximum atomic E-state index is 13.3. The second-order valence-corrected chi connectivity index (χ2v) is 6.19. The van der Waals surface area contributed by atoms with Gasteiger partial charge in [-0.2, -0.15) is 5.10 Å². The highest BCUT2D eigenvalue weighted by atomic mass is 19.1. The molecule has 4 nitrogen and oxygen atoms in total. The normalized spacial score (nSPS) is 20.2. The van der Waals surface area contributed by atoms with Gasteiger partial charge in [0, 0.05) is 0 Å². The molecular weight excluding hydrogens is 307 g/mol. The van der Waals surface area contributed by atoms with Crippen LogP contribution in [0.2, 0.25) is 0 Å². The standard InChI is InChI=1S/C19H19FN2O2/c1-11-4-5-12(2)16(10-11)22-18(14-6-8-15(20)9-7-14)17(19(23)24)13(3)21-22/h4-10,17-18H,1-3H3,(H,23,24). The zero-order valence-corrected chi connectivity index (χ0v) is 13.8. The first-order chi connectivity index (χ1) is 11.4. The van der Waals surface area contributed by atoms with Crippen molar-refractivity contribution in [2.75, 3.05) is 5.01 Å². The summed E-state index contributed by atoms with van der Waals surface area (Å²) in [5.41, 5.74) is 4.21. The highest BCUT2D eigenvalue weighted by Gasteiger charge is 2.42. The molecule has 0 spiro atoms. The van der Waals surface area contributed by atoms with Gasteiger partial charge in [-0.25, -0.2) is 4.39 Å². The van der Waals surface area contributed by atoms with E-state index in [0.29, 0.717) is 5.71 Å². The molecule has 0 saturated carbocycles. The summed E-state index contributed by atoms with van der Waals surface area (Å²) in [5, 5.41) is 15.9. The van der Waals surface area contributed by atoms with Crippen LogP contribution in [-0.2, 0) is 4.79 Å². The van der Waals surface area contributed by atoms with Crippen molar-refractivity contribution in [3.63, 3.8) is 0 Å². The van der Waals surface area contributed by atoms with Crippen LogP contribution in [0.3, 0.4) is 0 Å². The summed E-state index contributed by atoms with van der Waals surface area (Å²) < 4.78 is 13.3. The number of nitrogens with zero attached hydrogens (tertiary/aromatic N) is 2. The molecule has 2 unspecified atom stereocenters. The Kier molecular flexibility index (Phi) is 4.09. The van der Waals surface area contributed by atoms with E-state index in [4.69, 9.17) is 0 Å². The van der Waals surface area contributed by atoms with Gasteiger partial charge in [-0.3, -0.25) is 9.80 Å². The molecule has 0 saturated heterocycles. The monoisotopic (exact) mass is 326 g/mol. The zero-order valence-electron chi connectivity index (χ0n) is 13.8. The number of carboxylic acid groups (broad SMARTS) is 1. The molecule has 2 atom stereocenters. The fourth-order valence-corrected chi connectivity index (χ4v) is 3.14. The van der Waals surface area contributed by atoms with Crippen molar-refractivity contribution in [1.82, 2.24) is 0 Å². The molecule has 24 heavy (non-hydrogen) atoms. The van der Waals surface area contributed by atoms with Crippen molar-refractivity contribution in [2.24, 2.45) is 11.0 Å². The van der Waals surface area contributed by atoms with E-state index in [1.54, 1.807) is 24.1 Å². The minimum atomic E-state index is -0.932. The van der Waals surface area contributed by atoms with Crippen LogP contribution in [0.4, 0.5) is 10.1 Å². The third-order valence-corrected chi connectivity index (χ3v) is 4.38. The highest BCUT2D eigenvalue weighted by Crippen LogP contribution is 2.40. The van der Waals surface area contributed by atoms with Gasteiger partial charge in [0.15, 0.2) is 0 Å². The number of halogens is 1. The number of hydrogen-bond acceptors (Lipinski definition) is 3. The number of hydrazone groups is 1. The van der Waals surface area contributed by atoms with Gasteiger partial charge >= 0.3 is 5.97 Å². The lowest BCUT2D eigenvalue weighted by Crippen LogP contribution is -2.30. The van der Waals surface area contributed by atoms with Crippen LogP contribution in [0, 0.1) is 25.6 Å². The van der Waals surface area contributed by atoms with Crippen LogP contribution in [0.15, 0.2) is 47.6 Å². The quantitative estimate of drug-likeness (QED) is 0.924. The highest BCUT2D eigenvalue weighted by molar-refractivity contribution is 6.03. The number of rotatable bonds is 3. The van der Waals surface area contributed by atoms with Gasteiger partial charge in [0.25, 0.3) is 0 Å². The number of hydrogen-bond donors (Lipinski definition) is 1. The van der Waals surface area contributed by atoms with Gasteiger partial charge in [0.2, 0.25) is 0 Å². The average molecular weight is 326 g/mol. The Labute approximate surface area is 140 Å². The molecule has 0 aromatic heterocycles. The summed E-state index contributed by atoms with van der Waals surface area (Å²) in [4.78, 5) is 11.8. The fourth-order valence-electron chi connectivity index (χ4n) is 3.14. The third-order valence-electron chi connectivity index (χ3n) is 4.38. The first kappa shape index (κ1) is 16.2. The molecule has 2 aromatic carbocycles. The fraction of sp³-hybridized carbons (Fsp3) is 0.263. The number of aryl methyl sites for hydroxylation is 2. The maximum Gasteiger partial charge on any atom is 0.314 e. The molecule has 1 heterocycles. The van der Waals surface area contributed by atoms with E-state index in [1.807, 2.05) is 32.0 Å². The lowest BCUT2D eigenvalue weighted by Gasteiger charge is -2.28. The Morgan fingerprint density at radius 1 is 1.12 bits per heavy atom. The van der Waals surface area contributed by atoms with E-state index in [2.05, 4.69) is 5.10 Å². The van der Waals surface area contributed by atoms with Crippen molar-refractivity contribution in [1.29, 1.82) is 0 Å². The summed E-state index contributed by atoms with van der Waals surface area (Å²) in [6, 6.07) is 11.4. The molecule has 0 fully saturated rings. The van der Waals surface area contributed by atoms with Gasteiger partial charge in [-0.15, -0.1) is 0 Å². The van der Waals surface area contributed by atoms with Gasteiger partial charge < -0.3 is 5.11 Å². The van der Waals surface area contributed by atoms with E-state index in [1.165, 1.54) is 12.1 Å². The summed E-state index contributed by atoms with van der Waals surface area (Å²) in [5.74, 6) is -2.05. The van der Waals surface area contributed by atoms with Crippen LogP contribution in [0.1, 0.15) is 29.7 Å². The Morgan fingerprint density at radius 2 is 1.79 bits per heavy atom. The zero-order chi connectivity index (χ0) is 17.4. The Balaban J connectivity index is 2.14. The number of anilines is 1. The van der Waals surface area contributed by atoms with Crippen molar-refractivity contribution in [3.05, 3.63) is 65.0 Å². The molecular formula is C19H19FN2O2. The predicted molar refractivity (Wildman–Crippen MR) is 91.8 cm³/mol. The van der Waals surface area contributed by atoms with E-state index in [9.17, 15) is 14.3 Å². The number of carboxylic acids is 1.